The van der Waals surface area contributed by atoms with Gasteiger partial charge in [0.25, 0.3) is 0 Å². The lowest BCUT2D eigenvalue weighted by Crippen LogP contribution is -2.56. The summed E-state index contributed by atoms with van der Waals surface area (Å²) in [5.74, 6) is -0.446. The summed E-state index contributed by atoms with van der Waals surface area (Å²) in [5.41, 5.74) is 9.49. The molecule has 0 aliphatic carbocycles. The summed E-state index contributed by atoms with van der Waals surface area (Å²) in [5, 5.41) is 25.6. The minimum absolute atomic E-state index is 0.214. The van der Waals surface area contributed by atoms with Gasteiger partial charge in [0.15, 0.2) is 0 Å². The second-order valence-electron chi connectivity index (χ2n) is 10.7. The molecule has 1 heterocycles. The van der Waals surface area contributed by atoms with Crippen LogP contribution >= 0.6 is 0 Å². The molecule has 0 fully saturated rings. The predicted molar refractivity (Wildman–Crippen MR) is 148 cm³/mol. The highest BCUT2D eigenvalue weighted by atomic mass is 16.4. The van der Waals surface area contributed by atoms with Crippen LogP contribution in [0.15, 0.2) is 79.0 Å². The Balaban J connectivity index is 1.77. The molecule has 4 atom stereocenters. The van der Waals surface area contributed by atoms with Gasteiger partial charge in [-0.1, -0.05) is 81.4 Å². The van der Waals surface area contributed by atoms with E-state index in [9.17, 15) is 19.8 Å². The first-order valence-electron chi connectivity index (χ1n) is 12.8. The van der Waals surface area contributed by atoms with Gasteiger partial charge in [-0.3, -0.25) is 9.78 Å². The number of carboxylic acid groups (broad SMARTS) is 1. The lowest BCUT2D eigenvalue weighted by Gasteiger charge is -2.32. The molecule has 0 spiro atoms. The first kappa shape index (κ1) is 28.8. The average molecular weight is 519 g/mol. The Bertz CT molecular complexity index is 1160. The van der Waals surface area contributed by atoms with E-state index in [-0.39, 0.29) is 6.42 Å². The summed E-state index contributed by atoms with van der Waals surface area (Å²) in [6.45, 7) is 5.38. The number of pyridine rings is 1. The molecule has 2 aromatic carbocycles. The Hall–Kier alpha value is -3.75. The van der Waals surface area contributed by atoms with E-state index in [1.165, 1.54) is 0 Å². The van der Waals surface area contributed by atoms with Crippen molar-refractivity contribution >= 4 is 12.0 Å². The maximum Gasteiger partial charge on any atom is 0.405 e. The lowest BCUT2D eigenvalue weighted by atomic mass is 9.85. The van der Waals surface area contributed by atoms with E-state index >= 15 is 0 Å². The number of nitrogens with zero attached hydrogens (tertiary/aromatic N) is 1. The van der Waals surface area contributed by atoms with Gasteiger partial charge in [0.2, 0.25) is 5.91 Å². The summed E-state index contributed by atoms with van der Waals surface area (Å²) < 4.78 is 0. The van der Waals surface area contributed by atoms with Crippen LogP contribution in [0.2, 0.25) is 0 Å². The summed E-state index contributed by atoms with van der Waals surface area (Å²) in [7, 11) is 0. The first-order chi connectivity index (χ1) is 18.0. The van der Waals surface area contributed by atoms with Crippen molar-refractivity contribution in [2.75, 3.05) is 0 Å². The van der Waals surface area contributed by atoms with Crippen molar-refractivity contribution in [1.29, 1.82) is 0 Å². The normalized spacial score (nSPS) is 14.7. The molecule has 202 valence electrons. The number of nitrogens with one attached hydrogen (secondary N) is 2. The molecule has 1 aromatic heterocycles. The Labute approximate surface area is 224 Å². The molecule has 0 aliphatic heterocycles. The van der Waals surface area contributed by atoms with Crippen LogP contribution in [0.5, 0.6) is 0 Å². The van der Waals surface area contributed by atoms with Gasteiger partial charge >= 0.3 is 6.09 Å². The number of nitrogens with two attached hydrogens (primary N) is 1. The van der Waals surface area contributed by atoms with E-state index < -0.39 is 41.6 Å². The molecule has 2 amide bonds. The molecule has 6 N–H and O–H groups in total. The van der Waals surface area contributed by atoms with Gasteiger partial charge < -0.3 is 26.6 Å². The van der Waals surface area contributed by atoms with Crippen LogP contribution in [-0.2, 0) is 17.6 Å². The second-order valence-corrected chi connectivity index (χ2v) is 10.7. The van der Waals surface area contributed by atoms with Gasteiger partial charge in [0, 0.05) is 23.8 Å². The SMILES string of the molecule is CC(C)(C)[C@H](NC(=O)O)C(=O)N[C@H](Cc1ccc(-c2ccccn2)cc1)C[C@H](O)[C@@H](N)Cc1ccccc1. The molecule has 0 bridgehead atoms. The van der Waals surface area contributed by atoms with Crippen LogP contribution in [-0.4, -0.2) is 51.4 Å². The molecule has 38 heavy (non-hydrogen) atoms. The minimum Gasteiger partial charge on any atom is -0.465 e. The Morgan fingerprint density at radius 1 is 0.895 bits per heavy atom. The van der Waals surface area contributed by atoms with Crippen LogP contribution in [0.1, 0.15) is 38.3 Å². The van der Waals surface area contributed by atoms with E-state index in [1.54, 1.807) is 27.0 Å². The number of rotatable bonds is 11. The van der Waals surface area contributed by atoms with Gasteiger partial charge in [-0.2, -0.15) is 0 Å². The van der Waals surface area contributed by atoms with Gasteiger partial charge in [-0.15, -0.1) is 0 Å². The third-order valence-corrected chi connectivity index (χ3v) is 6.47. The Kier molecular flexibility index (Phi) is 9.98. The van der Waals surface area contributed by atoms with E-state index in [2.05, 4.69) is 15.6 Å². The highest BCUT2D eigenvalue weighted by Gasteiger charge is 2.34. The van der Waals surface area contributed by atoms with Gasteiger partial charge in [0.1, 0.15) is 6.04 Å². The van der Waals surface area contributed by atoms with Crippen LogP contribution < -0.4 is 16.4 Å². The van der Waals surface area contributed by atoms with Crippen molar-refractivity contribution in [1.82, 2.24) is 15.6 Å². The van der Waals surface area contributed by atoms with Crippen molar-refractivity contribution in [3.05, 3.63) is 90.1 Å². The van der Waals surface area contributed by atoms with E-state index in [0.717, 1.165) is 22.4 Å². The summed E-state index contributed by atoms with van der Waals surface area (Å²) in [6.07, 6.45) is 0.734. The number of benzene rings is 2. The van der Waals surface area contributed by atoms with Crippen LogP contribution in [0.4, 0.5) is 4.79 Å². The number of hydrogen-bond donors (Lipinski definition) is 5. The Morgan fingerprint density at radius 3 is 2.11 bits per heavy atom. The third kappa shape index (κ3) is 8.68. The summed E-state index contributed by atoms with van der Waals surface area (Å²) in [6, 6.07) is 21.3. The number of amides is 2. The largest absolute Gasteiger partial charge is 0.465 e. The molecular weight excluding hydrogens is 480 g/mol. The predicted octanol–water partition coefficient (Wildman–Crippen LogP) is 3.78. The van der Waals surface area contributed by atoms with Crippen molar-refractivity contribution in [2.45, 2.75) is 64.3 Å². The quantitative estimate of drug-likeness (QED) is 0.262. The maximum absolute atomic E-state index is 13.2. The highest BCUT2D eigenvalue weighted by Crippen LogP contribution is 2.22. The van der Waals surface area contributed by atoms with Crippen molar-refractivity contribution < 1.29 is 19.8 Å². The number of carbonyl (C=O) groups excluding carboxylic acids is 1. The molecule has 0 aliphatic rings. The van der Waals surface area contributed by atoms with Crippen molar-refractivity contribution in [3.63, 3.8) is 0 Å². The Morgan fingerprint density at radius 2 is 1.53 bits per heavy atom. The number of hydrogen-bond acceptors (Lipinski definition) is 5. The second kappa shape index (κ2) is 13.2. The topological polar surface area (TPSA) is 138 Å². The van der Waals surface area contributed by atoms with Crippen LogP contribution in [0.3, 0.4) is 0 Å². The zero-order valence-corrected chi connectivity index (χ0v) is 22.2. The zero-order chi connectivity index (χ0) is 27.7. The van der Waals surface area contributed by atoms with E-state index in [1.807, 2.05) is 72.8 Å². The van der Waals surface area contributed by atoms with Crippen LogP contribution in [0, 0.1) is 5.41 Å². The monoisotopic (exact) mass is 518 g/mol. The number of aromatic nitrogens is 1. The van der Waals surface area contributed by atoms with Gasteiger partial charge in [0.05, 0.1) is 11.8 Å². The fourth-order valence-electron chi connectivity index (χ4n) is 4.39. The average Bonchev–Trinajstić information content (AvgIpc) is 2.88. The number of carbonyl (C=O) groups is 2. The minimum atomic E-state index is -1.27. The molecule has 0 saturated heterocycles. The molecule has 8 heteroatoms. The highest BCUT2D eigenvalue weighted by molar-refractivity contribution is 5.86. The van der Waals surface area contributed by atoms with Crippen molar-refractivity contribution in [2.24, 2.45) is 11.1 Å². The van der Waals surface area contributed by atoms with E-state index in [4.69, 9.17) is 5.73 Å². The molecule has 0 unspecified atom stereocenters. The number of aliphatic hydroxyl groups is 1. The first-order valence-corrected chi connectivity index (χ1v) is 12.8. The third-order valence-electron chi connectivity index (χ3n) is 6.47. The van der Waals surface area contributed by atoms with Gasteiger partial charge in [-0.05, 0) is 47.9 Å². The summed E-state index contributed by atoms with van der Waals surface area (Å²) >= 11 is 0. The lowest BCUT2D eigenvalue weighted by molar-refractivity contribution is -0.126. The zero-order valence-electron chi connectivity index (χ0n) is 22.2. The smallest absolute Gasteiger partial charge is 0.405 e. The number of aliphatic hydroxyl groups excluding tert-OH is 1. The fourth-order valence-corrected chi connectivity index (χ4v) is 4.39. The fraction of sp³-hybridized carbons (Fsp3) is 0.367. The van der Waals surface area contributed by atoms with Crippen molar-refractivity contribution in [3.8, 4) is 11.3 Å². The van der Waals surface area contributed by atoms with Gasteiger partial charge in [-0.25, -0.2) is 4.79 Å². The summed E-state index contributed by atoms with van der Waals surface area (Å²) in [4.78, 5) is 29.0. The molecule has 3 aromatic rings. The standard InChI is InChI=1S/C30H38N4O4/c1-30(2,3)27(34-29(37)38)28(36)33-23(19-26(35)24(31)18-20-9-5-4-6-10-20)17-21-12-14-22(15-13-21)25-11-7-8-16-32-25/h4-16,23-24,26-27,34-35H,17-19,31H2,1-3H3,(H,33,36)(H,37,38)/t23-,24+,26+,27-/m1/s1. The molecule has 3 rings (SSSR count). The van der Waals surface area contributed by atoms with Crippen LogP contribution in [0.25, 0.3) is 11.3 Å². The molecule has 0 radical (unpaired) electrons. The molecule has 8 nitrogen and oxygen atoms in total. The molecule has 0 saturated carbocycles. The molecular formula is C30H38N4O4. The maximum atomic E-state index is 13.2. The van der Waals surface area contributed by atoms with E-state index in [0.29, 0.717) is 12.8 Å².